The van der Waals surface area contributed by atoms with E-state index >= 15 is 0 Å². The fourth-order valence-electron chi connectivity index (χ4n) is 2.00. The van der Waals surface area contributed by atoms with E-state index in [1.54, 1.807) is 23.1 Å². The first-order valence-corrected chi connectivity index (χ1v) is 7.13. The van der Waals surface area contributed by atoms with Crippen LogP contribution in [-0.4, -0.2) is 25.7 Å². The molecule has 112 valence electrons. The molecule has 0 bridgehead atoms. The first-order valence-electron chi connectivity index (χ1n) is 7.13. The predicted molar refractivity (Wildman–Crippen MR) is 81.1 cm³/mol. The zero-order valence-electron chi connectivity index (χ0n) is 12.9. The SMILES string of the molecule is CC(C)Cn1ccc(C(=O)Nc2nccnc2C(C)C)n1. The molecule has 6 heteroatoms. The van der Waals surface area contributed by atoms with E-state index < -0.39 is 0 Å². The van der Waals surface area contributed by atoms with Crippen molar-refractivity contribution in [3.8, 4) is 0 Å². The number of nitrogens with zero attached hydrogens (tertiary/aromatic N) is 4. The summed E-state index contributed by atoms with van der Waals surface area (Å²) < 4.78 is 1.78. The number of rotatable bonds is 5. The molecule has 21 heavy (non-hydrogen) atoms. The Morgan fingerprint density at radius 1 is 1.24 bits per heavy atom. The number of nitrogens with one attached hydrogen (secondary N) is 1. The van der Waals surface area contributed by atoms with Gasteiger partial charge in [-0.25, -0.2) is 4.98 Å². The molecule has 0 aliphatic rings. The number of carbonyl (C=O) groups is 1. The summed E-state index contributed by atoms with van der Waals surface area (Å²) in [4.78, 5) is 20.7. The van der Waals surface area contributed by atoms with Crippen LogP contribution in [0.4, 0.5) is 5.82 Å². The van der Waals surface area contributed by atoms with Crippen LogP contribution >= 0.6 is 0 Å². The summed E-state index contributed by atoms with van der Waals surface area (Å²) in [5.41, 5.74) is 1.16. The zero-order chi connectivity index (χ0) is 15.4. The molecular weight excluding hydrogens is 266 g/mol. The molecule has 0 saturated carbocycles. The molecule has 0 saturated heterocycles. The van der Waals surface area contributed by atoms with Crippen LogP contribution in [0.1, 0.15) is 49.8 Å². The van der Waals surface area contributed by atoms with E-state index in [1.807, 2.05) is 20.0 Å². The number of carbonyl (C=O) groups excluding carboxylic acids is 1. The second kappa shape index (κ2) is 6.47. The van der Waals surface area contributed by atoms with Crippen molar-refractivity contribution in [2.45, 2.75) is 40.2 Å². The van der Waals surface area contributed by atoms with Crippen LogP contribution in [0.15, 0.2) is 24.7 Å². The quantitative estimate of drug-likeness (QED) is 0.917. The van der Waals surface area contributed by atoms with Crippen molar-refractivity contribution in [1.29, 1.82) is 0 Å². The van der Waals surface area contributed by atoms with Crippen molar-refractivity contribution in [2.24, 2.45) is 5.92 Å². The summed E-state index contributed by atoms with van der Waals surface area (Å²) in [6.07, 6.45) is 5.01. The largest absolute Gasteiger partial charge is 0.304 e. The second-order valence-corrected chi connectivity index (χ2v) is 5.72. The van der Waals surface area contributed by atoms with Gasteiger partial charge in [0.1, 0.15) is 0 Å². The molecule has 0 aliphatic carbocycles. The lowest BCUT2D eigenvalue weighted by Gasteiger charge is -2.10. The Morgan fingerprint density at radius 3 is 2.62 bits per heavy atom. The zero-order valence-corrected chi connectivity index (χ0v) is 12.9. The van der Waals surface area contributed by atoms with Gasteiger partial charge in [-0.2, -0.15) is 5.10 Å². The van der Waals surface area contributed by atoms with E-state index in [4.69, 9.17) is 0 Å². The van der Waals surface area contributed by atoms with Gasteiger partial charge in [-0.15, -0.1) is 0 Å². The van der Waals surface area contributed by atoms with E-state index in [-0.39, 0.29) is 11.8 Å². The smallest absolute Gasteiger partial charge is 0.277 e. The molecule has 1 amide bonds. The van der Waals surface area contributed by atoms with Crippen molar-refractivity contribution in [3.05, 3.63) is 36.0 Å². The normalized spacial score (nSPS) is 11.1. The molecule has 2 heterocycles. The van der Waals surface area contributed by atoms with Gasteiger partial charge in [0.2, 0.25) is 0 Å². The summed E-state index contributed by atoms with van der Waals surface area (Å²) in [5.74, 6) is 0.900. The Balaban J connectivity index is 2.13. The minimum Gasteiger partial charge on any atom is -0.304 e. The molecule has 2 aromatic heterocycles. The summed E-state index contributed by atoms with van der Waals surface area (Å²) in [7, 11) is 0. The van der Waals surface area contributed by atoms with Gasteiger partial charge in [-0.1, -0.05) is 27.7 Å². The van der Waals surface area contributed by atoms with Gasteiger partial charge in [0.05, 0.1) is 5.69 Å². The third kappa shape index (κ3) is 3.87. The van der Waals surface area contributed by atoms with Crippen LogP contribution in [0.2, 0.25) is 0 Å². The van der Waals surface area contributed by atoms with Crippen molar-refractivity contribution in [2.75, 3.05) is 5.32 Å². The molecule has 0 atom stereocenters. The third-order valence-corrected chi connectivity index (χ3v) is 2.93. The fourth-order valence-corrected chi connectivity index (χ4v) is 2.00. The van der Waals surface area contributed by atoms with Crippen molar-refractivity contribution < 1.29 is 4.79 Å². The molecule has 0 spiro atoms. The maximum absolute atomic E-state index is 12.2. The van der Waals surface area contributed by atoms with Crippen molar-refractivity contribution in [1.82, 2.24) is 19.7 Å². The topological polar surface area (TPSA) is 72.7 Å². The maximum Gasteiger partial charge on any atom is 0.277 e. The number of hydrogen-bond donors (Lipinski definition) is 1. The molecule has 0 radical (unpaired) electrons. The number of hydrogen-bond acceptors (Lipinski definition) is 4. The summed E-state index contributed by atoms with van der Waals surface area (Å²) >= 11 is 0. The Labute approximate surface area is 124 Å². The molecular formula is C15H21N5O. The highest BCUT2D eigenvalue weighted by Gasteiger charge is 2.15. The second-order valence-electron chi connectivity index (χ2n) is 5.72. The molecule has 1 N–H and O–H groups in total. The van der Waals surface area contributed by atoms with E-state index in [9.17, 15) is 4.79 Å². The van der Waals surface area contributed by atoms with Crippen LogP contribution in [0.3, 0.4) is 0 Å². The van der Waals surface area contributed by atoms with Gasteiger partial charge in [0, 0.05) is 25.1 Å². The van der Waals surface area contributed by atoms with Crippen molar-refractivity contribution in [3.63, 3.8) is 0 Å². The van der Waals surface area contributed by atoms with Gasteiger partial charge < -0.3 is 5.32 Å². The minimum absolute atomic E-state index is 0.187. The summed E-state index contributed by atoms with van der Waals surface area (Å²) in [5, 5.41) is 7.06. The highest BCUT2D eigenvalue weighted by Crippen LogP contribution is 2.19. The summed E-state index contributed by atoms with van der Waals surface area (Å²) in [6.45, 7) is 9.02. The lowest BCUT2D eigenvalue weighted by atomic mass is 10.1. The van der Waals surface area contributed by atoms with Crippen LogP contribution < -0.4 is 5.32 Å². The lowest BCUT2D eigenvalue weighted by molar-refractivity contribution is 0.102. The standard InChI is InChI=1S/C15H21N5O/c1-10(2)9-20-8-5-12(19-20)15(21)18-14-13(11(3)4)16-6-7-17-14/h5-8,10-11H,9H2,1-4H3,(H,17,18,21). The first-order chi connectivity index (χ1) is 9.97. The Hall–Kier alpha value is -2.24. The predicted octanol–water partition coefficient (Wildman–Crippen LogP) is 2.70. The van der Waals surface area contributed by atoms with Crippen LogP contribution in [-0.2, 0) is 6.54 Å². The fraction of sp³-hybridized carbons (Fsp3) is 0.467. The lowest BCUT2D eigenvalue weighted by Crippen LogP contribution is -2.17. The van der Waals surface area contributed by atoms with Gasteiger partial charge in [-0.3, -0.25) is 14.5 Å². The molecule has 2 aromatic rings. The average molecular weight is 287 g/mol. The highest BCUT2D eigenvalue weighted by atomic mass is 16.2. The maximum atomic E-state index is 12.2. The van der Waals surface area contributed by atoms with Crippen LogP contribution in [0.25, 0.3) is 0 Å². The molecule has 0 aliphatic heterocycles. The number of anilines is 1. The number of aromatic nitrogens is 4. The Bertz CT molecular complexity index is 618. The highest BCUT2D eigenvalue weighted by molar-refractivity contribution is 6.02. The average Bonchev–Trinajstić information content (AvgIpc) is 2.86. The van der Waals surface area contributed by atoms with E-state index in [0.717, 1.165) is 12.2 Å². The number of amides is 1. The Kier molecular flexibility index (Phi) is 4.67. The molecule has 0 fully saturated rings. The van der Waals surface area contributed by atoms with Crippen LogP contribution in [0.5, 0.6) is 0 Å². The summed E-state index contributed by atoms with van der Waals surface area (Å²) in [6, 6.07) is 1.71. The molecule has 0 unspecified atom stereocenters. The molecule has 2 rings (SSSR count). The van der Waals surface area contributed by atoms with Gasteiger partial charge in [-0.05, 0) is 17.9 Å². The third-order valence-electron chi connectivity index (χ3n) is 2.93. The molecule has 6 nitrogen and oxygen atoms in total. The van der Waals surface area contributed by atoms with Crippen LogP contribution in [0, 0.1) is 5.92 Å². The Morgan fingerprint density at radius 2 is 1.95 bits per heavy atom. The monoisotopic (exact) mass is 287 g/mol. The van der Waals surface area contributed by atoms with E-state index in [0.29, 0.717) is 17.4 Å². The van der Waals surface area contributed by atoms with Gasteiger partial charge in [0.15, 0.2) is 11.5 Å². The van der Waals surface area contributed by atoms with Gasteiger partial charge >= 0.3 is 0 Å². The van der Waals surface area contributed by atoms with Gasteiger partial charge in [0.25, 0.3) is 5.91 Å². The first kappa shape index (κ1) is 15.2. The van der Waals surface area contributed by atoms with E-state index in [2.05, 4.69) is 34.2 Å². The minimum atomic E-state index is -0.264. The van der Waals surface area contributed by atoms with Crippen molar-refractivity contribution >= 4 is 11.7 Å². The van der Waals surface area contributed by atoms with E-state index in [1.165, 1.54) is 0 Å². The molecule has 0 aromatic carbocycles.